The maximum atomic E-state index is 13.3. The molecule has 3 nitrogen and oxygen atoms in total. The van der Waals surface area contributed by atoms with Gasteiger partial charge in [0, 0.05) is 18.0 Å². The Morgan fingerprint density at radius 2 is 1.53 bits per heavy atom. The Bertz CT molecular complexity index is 605. The van der Waals surface area contributed by atoms with Crippen molar-refractivity contribution in [1.29, 1.82) is 0 Å². The summed E-state index contributed by atoms with van der Waals surface area (Å²) in [6.45, 7) is 3.41. The van der Waals surface area contributed by atoms with E-state index in [1.165, 1.54) is 24.5 Å². The van der Waals surface area contributed by atoms with Crippen molar-refractivity contribution in [3.05, 3.63) is 60.2 Å². The lowest BCUT2D eigenvalue weighted by molar-refractivity contribution is 0.352. The predicted octanol–water partition coefficient (Wildman–Crippen LogP) is 3.08. The summed E-state index contributed by atoms with van der Waals surface area (Å²) in [7, 11) is 0. The molecule has 0 N–H and O–H groups in total. The highest BCUT2D eigenvalue weighted by Gasteiger charge is 2.23. The molecular weight excluding hydrogens is 264 g/mol. The van der Waals surface area contributed by atoms with Gasteiger partial charge in [0.1, 0.15) is 5.76 Å². The van der Waals surface area contributed by atoms with Crippen molar-refractivity contribution in [3.63, 3.8) is 0 Å². The van der Waals surface area contributed by atoms with Gasteiger partial charge in [0.15, 0.2) is 0 Å². The van der Waals surface area contributed by atoms with E-state index in [1.54, 1.807) is 0 Å². The van der Waals surface area contributed by atoms with Crippen LogP contribution in [0.1, 0.15) is 5.56 Å². The minimum absolute atomic E-state index is 0.190. The number of nitrogens with zero attached hydrogens (tertiary/aromatic N) is 2. The first kappa shape index (κ1) is 13.0. The zero-order valence-corrected chi connectivity index (χ0v) is 9.33. The van der Waals surface area contributed by atoms with E-state index in [1.807, 2.05) is 0 Å². The van der Waals surface area contributed by atoms with Gasteiger partial charge in [-0.1, -0.05) is 6.58 Å². The first-order valence-electron chi connectivity index (χ1n) is 4.98. The summed E-state index contributed by atoms with van der Waals surface area (Å²) in [5.74, 6) is -8.46. The van der Waals surface area contributed by atoms with Gasteiger partial charge < -0.3 is 4.74 Å². The molecule has 0 saturated carbocycles. The van der Waals surface area contributed by atoms with Crippen LogP contribution in [0.2, 0.25) is 0 Å². The van der Waals surface area contributed by atoms with Crippen LogP contribution in [0.5, 0.6) is 5.75 Å². The summed E-state index contributed by atoms with van der Waals surface area (Å²) >= 11 is 0. The normalized spacial score (nSPS) is 10.3. The minimum Gasteiger partial charge on any atom is -0.451 e. The molecular formula is C12H6F4N2O. The third-order valence-corrected chi connectivity index (χ3v) is 2.18. The van der Waals surface area contributed by atoms with Crippen LogP contribution in [0.4, 0.5) is 17.6 Å². The van der Waals surface area contributed by atoms with Gasteiger partial charge in [-0.05, 0) is 12.1 Å². The van der Waals surface area contributed by atoms with E-state index in [9.17, 15) is 17.6 Å². The zero-order chi connectivity index (χ0) is 14.0. The van der Waals surface area contributed by atoms with Gasteiger partial charge in [-0.3, -0.25) is 4.98 Å². The SMILES string of the molecule is C=C(Oc1c(F)c(F)nc(F)c1F)c1ccncc1. The maximum Gasteiger partial charge on any atom is 0.255 e. The fourth-order valence-corrected chi connectivity index (χ4v) is 1.28. The summed E-state index contributed by atoms with van der Waals surface area (Å²) in [5, 5.41) is 0. The van der Waals surface area contributed by atoms with Gasteiger partial charge in [0.05, 0.1) is 0 Å². The molecule has 2 rings (SSSR count). The second-order valence-corrected chi connectivity index (χ2v) is 3.41. The van der Waals surface area contributed by atoms with E-state index < -0.39 is 29.3 Å². The second-order valence-electron chi connectivity index (χ2n) is 3.41. The first-order chi connectivity index (χ1) is 9.00. The second kappa shape index (κ2) is 5.05. The summed E-state index contributed by atoms with van der Waals surface area (Å²) in [4.78, 5) is 6.13. The molecule has 2 heterocycles. The highest BCUT2D eigenvalue weighted by atomic mass is 19.2. The molecule has 7 heteroatoms. The van der Waals surface area contributed by atoms with Crippen LogP contribution >= 0.6 is 0 Å². The molecule has 0 spiro atoms. The van der Waals surface area contributed by atoms with Crippen LogP contribution < -0.4 is 4.74 Å². The summed E-state index contributed by atoms with van der Waals surface area (Å²) < 4.78 is 57.0. The van der Waals surface area contributed by atoms with Crippen molar-refractivity contribution >= 4 is 5.76 Å². The van der Waals surface area contributed by atoms with E-state index in [4.69, 9.17) is 4.74 Å². The molecule has 0 amide bonds. The van der Waals surface area contributed by atoms with Crippen LogP contribution in [0, 0.1) is 23.5 Å². The van der Waals surface area contributed by atoms with E-state index in [0.29, 0.717) is 5.56 Å². The number of pyridine rings is 2. The summed E-state index contributed by atoms with van der Waals surface area (Å²) in [6, 6.07) is 2.90. The lowest BCUT2D eigenvalue weighted by Crippen LogP contribution is -2.05. The summed E-state index contributed by atoms with van der Waals surface area (Å²) in [6.07, 6.45) is 2.79. The monoisotopic (exact) mass is 270 g/mol. The zero-order valence-electron chi connectivity index (χ0n) is 9.33. The van der Waals surface area contributed by atoms with Crippen molar-refractivity contribution in [2.75, 3.05) is 0 Å². The Hall–Kier alpha value is -2.44. The lowest BCUT2D eigenvalue weighted by atomic mass is 10.2. The molecule has 2 aromatic rings. The Kier molecular flexibility index (Phi) is 3.46. The number of ether oxygens (including phenoxy) is 1. The van der Waals surface area contributed by atoms with Gasteiger partial charge in [0.2, 0.25) is 17.4 Å². The molecule has 0 aliphatic carbocycles. The molecule has 0 fully saturated rings. The van der Waals surface area contributed by atoms with E-state index in [0.717, 1.165) is 0 Å². The number of aromatic nitrogens is 2. The number of hydrogen-bond acceptors (Lipinski definition) is 3. The van der Waals surface area contributed by atoms with Crippen LogP contribution in [-0.4, -0.2) is 9.97 Å². The topological polar surface area (TPSA) is 35.0 Å². The Morgan fingerprint density at radius 1 is 1.00 bits per heavy atom. The third-order valence-electron chi connectivity index (χ3n) is 2.18. The van der Waals surface area contributed by atoms with Crippen molar-refractivity contribution in [3.8, 4) is 5.75 Å². The molecule has 0 saturated heterocycles. The molecule has 0 bridgehead atoms. The fraction of sp³-hybridized carbons (Fsp3) is 0. The quantitative estimate of drug-likeness (QED) is 0.488. The van der Waals surface area contributed by atoms with Gasteiger partial charge in [-0.15, -0.1) is 0 Å². The Labute approximate surface area is 105 Å². The molecule has 2 aromatic heterocycles. The largest absolute Gasteiger partial charge is 0.451 e. The smallest absolute Gasteiger partial charge is 0.255 e. The van der Waals surface area contributed by atoms with Gasteiger partial charge >= 0.3 is 0 Å². The van der Waals surface area contributed by atoms with Gasteiger partial charge in [0.25, 0.3) is 11.9 Å². The Morgan fingerprint density at radius 3 is 2.05 bits per heavy atom. The van der Waals surface area contributed by atoms with Crippen molar-refractivity contribution < 1.29 is 22.3 Å². The van der Waals surface area contributed by atoms with Gasteiger partial charge in [-0.2, -0.15) is 22.5 Å². The highest BCUT2D eigenvalue weighted by Crippen LogP contribution is 2.28. The maximum absolute atomic E-state index is 13.3. The molecule has 0 aliphatic heterocycles. The molecule has 0 radical (unpaired) electrons. The van der Waals surface area contributed by atoms with Crippen molar-refractivity contribution in [1.82, 2.24) is 9.97 Å². The fourth-order valence-electron chi connectivity index (χ4n) is 1.28. The molecule has 98 valence electrons. The minimum atomic E-state index is -1.79. The van der Waals surface area contributed by atoms with Crippen LogP contribution in [0.15, 0.2) is 31.1 Å². The highest BCUT2D eigenvalue weighted by molar-refractivity contribution is 5.59. The number of rotatable bonds is 3. The number of hydrogen-bond donors (Lipinski definition) is 0. The first-order valence-corrected chi connectivity index (χ1v) is 4.98. The average molecular weight is 270 g/mol. The molecule has 0 atom stereocenters. The van der Waals surface area contributed by atoms with Gasteiger partial charge in [-0.25, -0.2) is 0 Å². The number of halogens is 4. The average Bonchev–Trinajstić information content (AvgIpc) is 2.42. The molecule has 0 unspecified atom stereocenters. The van der Waals surface area contributed by atoms with Crippen LogP contribution in [-0.2, 0) is 0 Å². The molecule has 19 heavy (non-hydrogen) atoms. The van der Waals surface area contributed by atoms with E-state index >= 15 is 0 Å². The lowest BCUT2D eigenvalue weighted by Gasteiger charge is -2.10. The molecule has 0 aliphatic rings. The van der Waals surface area contributed by atoms with E-state index in [2.05, 4.69) is 16.5 Å². The standard InChI is InChI=1S/C12H6F4N2O/c1-6(7-2-4-17-5-3-7)19-10-8(13)11(15)18-12(16)9(10)14/h2-5H,1H2. The van der Waals surface area contributed by atoms with Crippen LogP contribution in [0.3, 0.4) is 0 Å². The van der Waals surface area contributed by atoms with Crippen LogP contribution in [0.25, 0.3) is 5.76 Å². The Balaban J connectivity index is 2.37. The van der Waals surface area contributed by atoms with Crippen molar-refractivity contribution in [2.45, 2.75) is 0 Å². The van der Waals surface area contributed by atoms with E-state index in [-0.39, 0.29) is 5.76 Å². The predicted molar refractivity (Wildman–Crippen MR) is 58.0 cm³/mol. The molecule has 0 aromatic carbocycles. The third kappa shape index (κ3) is 2.54. The van der Waals surface area contributed by atoms with Crippen molar-refractivity contribution in [2.24, 2.45) is 0 Å². The summed E-state index contributed by atoms with van der Waals surface area (Å²) in [5.41, 5.74) is 0.353.